The summed E-state index contributed by atoms with van der Waals surface area (Å²) >= 11 is 6.53. The Morgan fingerprint density at radius 3 is 2.42 bits per heavy atom. The van der Waals surface area contributed by atoms with E-state index in [1.54, 1.807) is 6.07 Å². The lowest BCUT2D eigenvalue weighted by atomic mass is 9.73. The summed E-state index contributed by atoms with van der Waals surface area (Å²) in [5.74, 6) is 2.59. The fourth-order valence-electron chi connectivity index (χ4n) is 11.9. The molecule has 2 amide bonds. The maximum absolute atomic E-state index is 13.4. The highest BCUT2D eigenvalue weighted by atomic mass is 35.5. The Kier molecular flexibility index (Phi) is 8.95. The molecule has 4 aromatic rings. The van der Waals surface area contributed by atoms with E-state index < -0.39 is 0 Å². The van der Waals surface area contributed by atoms with E-state index in [9.17, 15) is 14.4 Å². The molecule has 0 saturated carbocycles. The quantitative estimate of drug-likeness (QED) is 0.261. The van der Waals surface area contributed by atoms with Gasteiger partial charge in [-0.2, -0.15) is 4.98 Å². The zero-order valence-electron chi connectivity index (χ0n) is 34.3. The second-order valence-corrected chi connectivity index (χ2v) is 19.4. The molecule has 8 heterocycles. The SMILES string of the molecule is CC1(C)c2ccc(N3CCC(CN4CCC(N5CCC6(CC5)COc5c6ccc6c5CN([C@H]5CCC(=O)NC5)C6=O)CC4)CC3)cc2-n2c1nc(=O)c1c(Cl)cccc12. The summed E-state index contributed by atoms with van der Waals surface area (Å²) in [4.78, 5) is 52.8. The number of nitrogens with zero attached hydrogens (tertiary/aromatic N) is 6. The van der Waals surface area contributed by atoms with Gasteiger partial charge in [-0.3, -0.25) is 19.0 Å². The van der Waals surface area contributed by atoms with Crippen molar-refractivity contribution >= 4 is 40.0 Å². The van der Waals surface area contributed by atoms with Gasteiger partial charge in [-0.15, -0.1) is 0 Å². The number of carbonyl (C=O) groups is 2. The molecule has 3 aromatic carbocycles. The van der Waals surface area contributed by atoms with E-state index in [0.29, 0.717) is 48.5 Å². The van der Waals surface area contributed by atoms with E-state index in [1.807, 2.05) is 23.1 Å². The van der Waals surface area contributed by atoms with Crippen LogP contribution in [0.3, 0.4) is 0 Å². The van der Waals surface area contributed by atoms with Crippen LogP contribution in [0.2, 0.25) is 5.02 Å². The van der Waals surface area contributed by atoms with Crippen LogP contribution in [0, 0.1) is 5.92 Å². The number of anilines is 1. The van der Waals surface area contributed by atoms with Gasteiger partial charge in [0.25, 0.3) is 11.5 Å². The first-order valence-corrected chi connectivity index (χ1v) is 22.4. The van der Waals surface area contributed by atoms with Gasteiger partial charge in [0.05, 0.1) is 46.2 Å². The molecule has 4 fully saturated rings. The second-order valence-electron chi connectivity index (χ2n) is 19.0. The normalized spacial score (nSPS) is 24.3. The maximum Gasteiger partial charge on any atom is 0.282 e. The van der Waals surface area contributed by atoms with Crippen molar-refractivity contribution in [3.63, 3.8) is 0 Å². The number of hydrogen-bond donors (Lipinski definition) is 1. The Hall–Kier alpha value is -4.45. The highest BCUT2D eigenvalue weighted by molar-refractivity contribution is 6.35. The van der Waals surface area contributed by atoms with Crippen molar-refractivity contribution in [3.8, 4) is 11.4 Å². The predicted octanol–water partition coefficient (Wildman–Crippen LogP) is 6.02. The summed E-state index contributed by atoms with van der Waals surface area (Å²) in [6.45, 7) is 14.0. The zero-order valence-corrected chi connectivity index (χ0v) is 35.0. The van der Waals surface area contributed by atoms with Crippen LogP contribution in [0.25, 0.3) is 16.6 Å². The molecule has 11 nitrogen and oxygen atoms in total. The van der Waals surface area contributed by atoms with E-state index >= 15 is 0 Å². The standard InChI is InChI=1S/C47H54ClN7O4/c1-46(2)35-9-6-31(24-39(35)55-38-5-3-4-37(48)41(38)43(57)50-45(46)55)52-20-12-29(13-21-52)26-51-18-14-30(15-19-51)53-22-16-47(17-23-53)28-59-42-34-27-54(32-7-11-40(56)49-25-32)44(58)33(34)8-10-36(42)47/h3-6,8-10,24,29-30,32H,7,11-23,25-28H2,1-2H3,(H,49,56)/t32-/m0/s1. The Balaban J connectivity index is 0.682. The van der Waals surface area contributed by atoms with Gasteiger partial charge in [0.1, 0.15) is 11.6 Å². The van der Waals surface area contributed by atoms with Crippen LogP contribution in [0.1, 0.15) is 98.1 Å². The second kappa shape index (κ2) is 14.1. The van der Waals surface area contributed by atoms with Gasteiger partial charge in [0.15, 0.2) is 0 Å². The molecule has 1 aromatic heterocycles. The van der Waals surface area contributed by atoms with Crippen LogP contribution >= 0.6 is 11.6 Å². The largest absolute Gasteiger partial charge is 0.492 e. The summed E-state index contributed by atoms with van der Waals surface area (Å²) < 4.78 is 8.66. The van der Waals surface area contributed by atoms with Gasteiger partial charge < -0.3 is 29.7 Å². The van der Waals surface area contributed by atoms with Gasteiger partial charge in [-0.05, 0) is 127 Å². The first kappa shape index (κ1) is 37.5. The van der Waals surface area contributed by atoms with E-state index in [4.69, 9.17) is 16.3 Å². The number of piperidine rings is 4. The summed E-state index contributed by atoms with van der Waals surface area (Å²) in [6, 6.07) is 17.4. The third-order valence-electron chi connectivity index (χ3n) is 15.5. The van der Waals surface area contributed by atoms with E-state index in [2.05, 4.69) is 67.7 Å². The number of hydrogen-bond acceptors (Lipinski definition) is 8. The Bertz CT molecular complexity index is 2430. The zero-order chi connectivity index (χ0) is 40.2. The first-order chi connectivity index (χ1) is 28.6. The van der Waals surface area contributed by atoms with Gasteiger partial charge in [-0.1, -0.05) is 29.8 Å². The van der Waals surface area contributed by atoms with Gasteiger partial charge in [0, 0.05) is 66.4 Å². The third kappa shape index (κ3) is 6.04. The lowest BCUT2D eigenvalue weighted by molar-refractivity contribution is -0.123. The number of benzene rings is 3. The maximum atomic E-state index is 13.4. The highest BCUT2D eigenvalue weighted by Crippen LogP contribution is 2.50. The molecule has 1 spiro atoms. The Morgan fingerprint density at radius 2 is 1.66 bits per heavy atom. The molecule has 0 unspecified atom stereocenters. The van der Waals surface area contributed by atoms with E-state index in [1.165, 1.54) is 62.1 Å². The predicted molar refractivity (Wildman–Crippen MR) is 229 cm³/mol. The Labute approximate surface area is 350 Å². The number of halogens is 1. The molecule has 12 heteroatoms. The number of aromatic nitrogens is 2. The van der Waals surface area contributed by atoms with Crippen LogP contribution in [0.5, 0.6) is 5.75 Å². The number of amides is 2. The van der Waals surface area contributed by atoms with Gasteiger partial charge in [-0.25, -0.2) is 0 Å². The third-order valence-corrected chi connectivity index (χ3v) is 15.8. The summed E-state index contributed by atoms with van der Waals surface area (Å²) in [5, 5.41) is 3.87. The van der Waals surface area contributed by atoms with Crippen LogP contribution in [-0.4, -0.2) is 107 Å². The van der Waals surface area contributed by atoms with Crippen molar-refractivity contribution in [2.45, 2.75) is 94.7 Å². The molecular formula is C47H54ClN7O4. The molecule has 11 rings (SSSR count). The van der Waals surface area contributed by atoms with Crippen molar-refractivity contribution in [1.82, 2.24) is 29.6 Å². The van der Waals surface area contributed by atoms with Crippen molar-refractivity contribution in [2.24, 2.45) is 5.92 Å². The van der Waals surface area contributed by atoms with E-state index in [-0.39, 0.29) is 34.2 Å². The summed E-state index contributed by atoms with van der Waals surface area (Å²) in [5.41, 5.74) is 6.86. The molecule has 7 aliphatic rings. The molecular weight excluding hydrogens is 762 g/mol. The minimum Gasteiger partial charge on any atom is -0.492 e. The molecule has 1 N–H and O–H groups in total. The Morgan fingerprint density at radius 1 is 0.881 bits per heavy atom. The average Bonchev–Trinajstić information content (AvgIpc) is 3.85. The lowest BCUT2D eigenvalue weighted by Gasteiger charge is -2.45. The molecule has 0 bridgehead atoms. The number of carbonyl (C=O) groups excluding carboxylic acids is 2. The monoisotopic (exact) mass is 815 g/mol. The van der Waals surface area contributed by atoms with Crippen LogP contribution in [0.4, 0.5) is 5.69 Å². The lowest BCUT2D eigenvalue weighted by Crippen LogP contribution is -2.51. The molecule has 7 aliphatic heterocycles. The average molecular weight is 816 g/mol. The number of likely N-dealkylation sites (tertiary alicyclic amines) is 2. The number of nitrogens with one attached hydrogen (secondary N) is 1. The fourth-order valence-corrected chi connectivity index (χ4v) is 12.2. The summed E-state index contributed by atoms with van der Waals surface area (Å²) in [7, 11) is 0. The smallest absolute Gasteiger partial charge is 0.282 e. The summed E-state index contributed by atoms with van der Waals surface area (Å²) in [6.07, 6.45) is 8.25. The molecule has 0 radical (unpaired) electrons. The molecule has 308 valence electrons. The van der Waals surface area contributed by atoms with Crippen LogP contribution in [0.15, 0.2) is 53.3 Å². The minimum atomic E-state index is -0.386. The number of fused-ring (bicyclic) bond motifs is 9. The minimum absolute atomic E-state index is 0.0347. The fraction of sp³-hybridized carbons (Fsp3) is 0.532. The molecule has 4 saturated heterocycles. The number of ether oxygens (including phenoxy) is 1. The molecule has 1 atom stereocenters. The van der Waals surface area contributed by atoms with Crippen molar-refractivity contribution in [1.29, 1.82) is 0 Å². The van der Waals surface area contributed by atoms with Crippen LogP contribution in [-0.2, 0) is 22.2 Å². The first-order valence-electron chi connectivity index (χ1n) is 22.0. The molecule has 59 heavy (non-hydrogen) atoms. The van der Waals surface area contributed by atoms with Crippen molar-refractivity contribution in [2.75, 3.05) is 63.9 Å². The topological polar surface area (TPSA) is 103 Å². The van der Waals surface area contributed by atoms with Crippen LogP contribution < -0.4 is 20.5 Å². The van der Waals surface area contributed by atoms with Crippen molar-refractivity contribution in [3.05, 3.63) is 92.0 Å². The van der Waals surface area contributed by atoms with E-state index in [0.717, 1.165) is 79.3 Å². The molecule has 0 aliphatic carbocycles. The highest BCUT2D eigenvalue weighted by Gasteiger charge is 2.48. The van der Waals surface area contributed by atoms with Crippen molar-refractivity contribution < 1.29 is 14.3 Å². The van der Waals surface area contributed by atoms with Gasteiger partial charge in [0.2, 0.25) is 5.91 Å². The number of rotatable bonds is 5. The van der Waals surface area contributed by atoms with Gasteiger partial charge >= 0.3 is 0 Å².